The molecule has 0 spiro atoms. The highest BCUT2D eigenvalue weighted by Gasteiger charge is 2.31. The number of fused-ring (bicyclic) bond motifs is 1. The summed E-state index contributed by atoms with van der Waals surface area (Å²) in [6, 6.07) is 9.04. The summed E-state index contributed by atoms with van der Waals surface area (Å²) in [5, 5.41) is 3.38. The van der Waals surface area contributed by atoms with Gasteiger partial charge in [-0.05, 0) is 43.9 Å². The Morgan fingerprint density at radius 2 is 1.84 bits per heavy atom. The van der Waals surface area contributed by atoms with E-state index in [1.165, 1.54) is 17.0 Å². The lowest BCUT2D eigenvalue weighted by atomic mass is 9.93. The average molecular weight is 446 g/mol. The molecule has 4 rings (SSSR count). The van der Waals surface area contributed by atoms with Crippen LogP contribution in [-0.4, -0.2) is 32.6 Å². The second-order valence-electron chi connectivity index (χ2n) is 7.74. The minimum Gasteiger partial charge on any atom is -0.474 e. The van der Waals surface area contributed by atoms with Gasteiger partial charge in [-0.1, -0.05) is 12.1 Å². The first-order valence-electron chi connectivity index (χ1n) is 10.2. The van der Waals surface area contributed by atoms with Crippen molar-refractivity contribution in [2.24, 2.45) is 0 Å². The highest BCUT2D eigenvalue weighted by atomic mass is 19.4. The zero-order chi connectivity index (χ0) is 22.7. The van der Waals surface area contributed by atoms with E-state index in [9.17, 15) is 22.8 Å². The number of hydrogen-bond acceptors (Lipinski definition) is 5. The van der Waals surface area contributed by atoms with Gasteiger partial charge in [0.2, 0.25) is 11.8 Å². The second kappa shape index (κ2) is 8.97. The first kappa shape index (κ1) is 21.8. The van der Waals surface area contributed by atoms with Gasteiger partial charge < -0.3 is 10.1 Å². The van der Waals surface area contributed by atoms with Gasteiger partial charge in [-0.25, -0.2) is 9.97 Å². The van der Waals surface area contributed by atoms with E-state index in [1.54, 1.807) is 24.3 Å². The van der Waals surface area contributed by atoms with Gasteiger partial charge in [-0.3, -0.25) is 14.2 Å². The van der Waals surface area contributed by atoms with Gasteiger partial charge in [0.15, 0.2) is 0 Å². The predicted octanol–water partition coefficient (Wildman–Crippen LogP) is 3.32. The zero-order valence-corrected chi connectivity index (χ0v) is 17.0. The summed E-state index contributed by atoms with van der Waals surface area (Å²) in [7, 11) is 0. The largest absolute Gasteiger partial charge is 0.474 e. The molecule has 1 aliphatic rings. The van der Waals surface area contributed by atoms with E-state index in [4.69, 9.17) is 4.74 Å². The fourth-order valence-electron chi connectivity index (χ4n) is 3.76. The number of nitrogens with zero attached hydrogens (tertiary/aromatic N) is 3. The molecule has 1 fully saturated rings. The maximum Gasteiger partial charge on any atom is 0.417 e. The van der Waals surface area contributed by atoms with E-state index in [2.05, 4.69) is 15.3 Å². The van der Waals surface area contributed by atoms with Crippen LogP contribution in [0, 0.1) is 0 Å². The van der Waals surface area contributed by atoms with Crippen molar-refractivity contribution in [3.8, 4) is 5.88 Å². The Labute approximate surface area is 181 Å². The number of carbonyl (C=O) groups is 1. The van der Waals surface area contributed by atoms with Crippen molar-refractivity contribution in [3.05, 3.63) is 64.8 Å². The fraction of sp³-hybridized carbons (Fsp3) is 0.364. The number of nitrogens with one attached hydrogen (secondary N) is 1. The number of ether oxygens (including phenoxy) is 1. The topological polar surface area (TPSA) is 86.1 Å². The summed E-state index contributed by atoms with van der Waals surface area (Å²) in [6.07, 6.45) is 0.0759. The van der Waals surface area contributed by atoms with E-state index in [0.29, 0.717) is 36.6 Å². The van der Waals surface area contributed by atoms with Gasteiger partial charge in [0.1, 0.15) is 12.6 Å². The van der Waals surface area contributed by atoms with E-state index in [1.807, 2.05) is 0 Å². The summed E-state index contributed by atoms with van der Waals surface area (Å²) in [4.78, 5) is 32.9. The highest BCUT2D eigenvalue weighted by molar-refractivity contribution is 5.79. The molecule has 0 saturated heterocycles. The van der Waals surface area contributed by atoms with Crippen molar-refractivity contribution in [1.29, 1.82) is 0 Å². The number of alkyl halides is 3. The van der Waals surface area contributed by atoms with Crippen LogP contribution in [0.4, 0.5) is 13.2 Å². The number of amides is 1. The minimum absolute atomic E-state index is 0.0629. The number of hydrogen-bond donors (Lipinski definition) is 1. The van der Waals surface area contributed by atoms with Crippen LogP contribution in [-0.2, 0) is 17.5 Å². The Morgan fingerprint density at radius 3 is 2.53 bits per heavy atom. The van der Waals surface area contributed by atoms with Gasteiger partial charge in [0, 0.05) is 18.3 Å². The van der Waals surface area contributed by atoms with E-state index in [-0.39, 0.29) is 36.0 Å². The lowest BCUT2D eigenvalue weighted by Crippen LogP contribution is -2.42. The Bertz CT molecular complexity index is 1150. The fourth-order valence-corrected chi connectivity index (χ4v) is 3.76. The Morgan fingerprint density at radius 1 is 1.09 bits per heavy atom. The summed E-state index contributed by atoms with van der Waals surface area (Å²) in [6.45, 7) is -0.122. The summed E-state index contributed by atoms with van der Waals surface area (Å²) in [5.41, 5.74) is -0.515. The zero-order valence-electron chi connectivity index (χ0n) is 17.0. The van der Waals surface area contributed by atoms with Crippen LogP contribution in [0.25, 0.3) is 10.9 Å². The van der Waals surface area contributed by atoms with Crippen molar-refractivity contribution in [3.63, 3.8) is 0 Å². The molecule has 0 radical (unpaired) electrons. The van der Waals surface area contributed by atoms with E-state index < -0.39 is 11.7 Å². The van der Waals surface area contributed by atoms with Crippen LogP contribution < -0.4 is 15.6 Å². The molecule has 1 aromatic carbocycles. The summed E-state index contributed by atoms with van der Waals surface area (Å²) in [5.74, 6) is -0.133. The number of carbonyl (C=O) groups excluding carboxylic acids is 1. The molecule has 7 nitrogen and oxygen atoms in total. The van der Waals surface area contributed by atoms with Gasteiger partial charge >= 0.3 is 6.18 Å². The van der Waals surface area contributed by atoms with Crippen molar-refractivity contribution in [2.75, 3.05) is 0 Å². The molecule has 0 unspecified atom stereocenters. The number of aromatic nitrogens is 3. The van der Waals surface area contributed by atoms with Crippen LogP contribution in [0.15, 0.2) is 53.7 Å². The second-order valence-corrected chi connectivity index (χ2v) is 7.74. The molecule has 3 aromatic rings. The molecule has 0 bridgehead atoms. The van der Waals surface area contributed by atoms with Crippen molar-refractivity contribution in [1.82, 2.24) is 19.9 Å². The quantitative estimate of drug-likeness (QED) is 0.650. The maximum absolute atomic E-state index is 12.6. The number of halogens is 3. The number of para-hydroxylation sites is 1. The number of pyridine rings is 1. The predicted molar refractivity (Wildman–Crippen MR) is 110 cm³/mol. The molecule has 0 aliphatic heterocycles. The van der Waals surface area contributed by atoms with Crippen LogP contribution in [0.5, 0.6) is 5.88 Å². The monoisotopic (exact) mass is 446 g/mol. The molecule has 0 atom stereocenters. The normalized spacial score (nSPS) is 19.0. The molecule has 1 amide bonds. The Kier molecular flexibility index (Phi) is 6.11. The minimum atomic E-state index is -4.43. The van der Waals surface area contributed by atoms with Crippen LogP contribution in [0.2, 0.25) is 0 Å². The smallest absolute Gasteiger partial charge is 0.417 e. The standard InChI is InChI=1S/C22H21F3N4O3/c23-22(24,25)14-5-10-20(26-11-14)32-16-8-6-15(7-9-16)28-19(30)12-29-13-27-18-4-2-1-3-17(18)21(29)31/h1-5,10-11,13,15-16H,6-9,12H2,(H,28,30). The Hall–Kier alpha value is -3.43. The first-order valence-corrected chi connectivity index (χ1v) is 10.2. The first-order chi connectivity index (χ1) is 15.3. The van der Waals surface area contributed by atoms with Crippen molar-refractivity contribution in [2.45, 2.75) is 50.6 Å². The number of rotatable bonds is 5. The molecule has 1 saturated carbocycles. The molecule has 2 aromatic heterocycles. The molecule has 168 valence electrons. The average Bonchev–Trinajstić information content (AvgIpc) is 2.77. The van der Waals surface area contributed by atoms with Crippen LogP contribution in [0.1, 0.15) is 31.2 Å². The van der Waals surface area contributed by atoms with Gasteiger partial charge in [0.25, 0.3) is 5.56 Å². The third-order valence-corrected chi connectivity index (χ3v) is 5.44. The SMILES string of the molecule is O=C(Cn1cnc2ccccc2c1=O)NC1CCC(Oc2ccc(C(F)(F)F)cn2)CC1. The van der Waals surface area contributed by atoms with E-state index in [0.717, 1.165) is 12.3 Å². The van der Waals surface area contributed by atoms with Gasteiger partial charge in [-0.2, -0.15) is 13.2 Å². The summed E-state index contributed by atoms with van der Waals surface area (Å²) < 4.78 is 44.8. The highest BCUT2D eigenvalue weighted by Crippen LogP contribution is 2.30. The lowest BCUT2D eigenvalue weighted by Gasteiger charge is -2.29. The third-order valence-electron chi connectivity index (χ3n) is 5.44. The van der Waals surface area contributed by atoms with Crippen LogP contribution >= 0.6 is 0 Å². The van der Waals surface area contributed by atoms with Crippen molar-refractivity contribution < 1.29 is 22.7 Å². The van der Waals surface area contributed by atoms with Crippen LogP contribution in [0.3, 0.4) is 0 Å². The van der Waals surface area contributed by atoms with E-state index >= 15 is 0 Å². The lowest BCUT2D eigenvalue weighted by molar-refractivity contribution is -0.137. The molecule has 10 heteroatoms. The Balaban J connectivity index is 1.27. The van der Waals surface area contributed by atoms with Gasteiger partial charge in [-0.15, -0.1) is 0 Å². The molecule has 2 heterocycles. The molecular formula is C22H21F3N4O3. The van der Waals surface area contributed by atoms with Crippen molar-refractivity contribution >= 4 is 16.8 Å². The number of benzene rings is 1. The summed E-state index contributed by atoms with van der Waals surface area (Å²) >= 11 is 0. The molecule has 1 aliphatic carbocycles. The molecular weight excluding hydrogens is 425 g/mol. The molecule has 1 N–H and O–H groups in total. The third kappa shape index (κ3) is 5.06. The van der Waals surface area contributed by atoms with Gasteiger partial charge in [0.05, 0.1) is 22.8 Å². The molecule has 32 heavy (non-hydrogen) atoms. The maximum atomic E-state index is 12.6.